The minimum atomic E-state index is -0.263. The van der Waals surface area contributed by atoms with Gasteiger partial charge in [0.2, 0.25) is 5.91 Å². The highest BCUT2D eigenvalue weighted by molar-refractivity contribution is 6.06. The van der Waals surface area contributed by atoms with Crippen molar-refractivity contribution in [1.82, 2.24) is 9.80 Å². The zero-order valence-electron chi connectivity index (χ0n) is 26.0. The molecule has 0 aromatic heterocycles. The molecule has 9 heteroatoms. The lowest BCUT2D eigenvalue weighted by atomic mass is 9.95. The third-order valence-corrected chi connectivity index (χ3v) is 9.41. The van der Waals surface area contributed by atoms with E-state index in [1.807, 2.05) is 42.5 Å². The molecule has 0 atom stereocenters. The van der Waals surface area contributed by atoms with Crippen molar-refractivity contribution in [2.75, 3.05) is 79.9 Å². The van der Waals surface area contributed by atoms with Crippen LogP contribution in [0.15, 0.2) is 66.7 Å². The number of ether oxygens (including phenoxy) is 1. The van der Waals surface area contributed by atoms with E-state index in [0.29, 0.717) is 13.0 Å². The van der Waals surface area contributed by atoms with E-state index in [9.17, 15) is 9.59 Å². The molecule has 3 fully saturated rings. The van der Waals surface area contributed by atoms with Crippen molar-refractivity contribution in [2.45, 2.75) is 32.7 Å². The number of nitrogens with two attached hydrogens (primary N) is 1. The molecular formula is C35H44N6O3. The first-order chi connectivity index (χ1) is 21.4. The Morgan fingerprint density at radius 1 is 0.795 bits per heavy atom. The highest BCUT2D eigenvalue weighted by Crippen LogP contribution is 2.30. The second kappa shape index (κ2) is 13.2. The number of anilines is 4. The van der Waals surface area contributed by atoms with Crippen LogP contribution >= 0.6 is 0 Å². The maximum absolute atomic E-state index is 13.5. The number of nitrogens with zero attached hydrogens (tertiary/aromatic N) is 5. The van der Waals surface area contributed by atoms with Gasteiger partial charge in [-0.3, -0.25) is 19.5 Å². The summed E-state index contributed by atoms with van der Waals surface area (Å²) in [6.45, 7) is 10.2. The Hall–Kier alpha value is -4.24. The number of methoxy groups -OCH3 is 1. The minimum Gasteiger partial charge on any atom is -0.497 e. The summed E-state index contributed by atoms with van der Waals surface area (Å²) in [5, 5.41) is 0. The minimum absolute atomic E-state index is 0.137. The van der Waals surface area contributed by atoms with E-state index in [4.69, 9.17) is 10.5 Å². The lowest BCUT2D eigenvalue weighted by molar-refractivity contribution is -0.129. The molecule has 3 heterocycles. The van der Waals surface area contributed by atoms with Crippen LogP contribution in [0, 0.1) is 12.8 Å². The monoisotopic (exact) mass is 596 g/mol. The van der Waals surface area contributed by atoms with Gasteiger partial charge in [0.1, 0.15) is 5.75 Å². The number of rotatable bonds is 8. The molecule has 6 rings (SSSR count). The Kier molecular flexibility index (Phi) is 8.93. The van der Waals surface area contributed by atoms with Crippen molar-refractivity contribution in [2.24, 2.45) is 5.92 Å². The number of nitrogen functional groups attached to an aromatic ring is 1. The summed E-state index contributed by atoms with van der Waals surface area (Å²) in [7, 11) is 1.62. The average Bonchev–Trinajstić information content (AvgIpc) is 3.05. The van der Waals surface area contributed by atoms with Gasteiger partial charge in [0.25, 0.3) is 0 Å². The molecule has 0 spiro atoms. The second-order valence-corrected chi connectivity index (χ2v) is 12.3. The normalized spacial score (nSPS) is 18.7. The summed E-state index contributed by atoms with van der Waals surface area (Å²) in [6, 6.07) is 21.8. The molecule has 232 valence electrons. The average molecular weight is 597 g/mol. The van der Waals surface area contributed by atoms with Gasteiger partial charge in [-0.05, 0) is 91.4 Å². The van der Waals surface area contributed by atoms with Crippen LogP contribution in [-0.4, -0.2) is 81.2 Å². The first kappa shape index (κ1) is 29.8. The maximum atomic E-state index is 13.5. The highest BCUT2D eigenvalue weighted by atomic mass is 16.5. The quantitative estimate of drug-likeness (QED) is 0.367. The molecule has 0 unspecified atom stereocenters. The number of aryl methyl sites for hydroxylation is 1. The van der Waals surface area contributed by atoms with Crippen LogP contribution in [0.3, 0.4) is 0 Å². The number of carbonyl (C=O) groups excluding carboxylic acids is 2. The maximum Gasteiger partial charge on any atom is 0.331 e. The van der Waals surface area contributed by atoms with E-state index in [0.717, 1.165) is 73.4 Å². The number of benzene rings is 3. The van der Waals surface area contributed by atoms with Crippen LogP contribution in [0.2, 0.25) is 0 Å². The summed E-state index contributed by atoms with van der Waals surface area (Å²) in [4.78, 5) is 36.9. The topological polar surface area (TPSA) is 85.6 Å². The van der Waals surface area contributed by atoms with Crippen LogP contribution in [0.5, 0.6) is 5.75 Å². The van der Waals surface area contributed by atoms with Crippen LogP contribution in [0.4, 0.5) is 27.5 Å². The van der Waals surface area contributed by atoms with E-state index < -0.39 is 0 Å². The number of urea groups is 1. The summed E-state index contributed by atoms with van der Waals surface area (Å²) in [6.07, 6.45) is 2.76. The summed E-state index contributed by atoms with van der Waals surface area (Å²) in [5.74, 6) is 1.35. The molecular weight excluding hydrogens is 552 g/mol. The van der Waals surface area contributed by atoms with Crippen LogP contribution in [0.1, 0.15) is 30.4 Å². The standard InChI is InChI=1S/C35H44N6O3/c1-26-23-31(9-12-33(26)40-18-15-34(42)41(35(40)43)25-27-3-10-32(44-2)11-4-27)39-21-19-37(20-22-39)24-28-13-16-38(17-14-28)30-7-5-29(36)6-8-30/h3-12,23,28H,13-22,24-25,36H2,1-2H3. The van der Waals surface area contributed by atoms with Crippen molar-refractivity contribution >= 4 is 34.7 Å². The van der Waals surface area contributed by atoms with Gasteiger partial charge in [0.05, 0.1) is 13.7 Å². The Morgan fingerprint density at radius 3 is 2.11 bits per heavy atom. The van der Waals surface area contributed by atoms with Gasteiger partial charge < -0.3 is 20.3 Å². The van der Waals surface area contributed by atoms with Gasteiger partial charge in [-0.1, -0.05) is 12.1 Å². The first-order valence-electron chi connectivity index (χ1n) is 15.8. The van der Waals surface area contributed by atoms with Crippen LogP contribution < -0.4 is 25.2 Å². The van der Waals surface area contributed by atoms with Crippen molar-refractivity contribution in [3.05, 3.63) is 77.9 Å². The SMILES string of the molecule is COc1ccc(CN2C(=O)CCN(c3ccc(N4CCN(CC5CCN(c6ccc(N)cc6)CC5)CC4)cc3C)C2=O)cc1. The zero-order chi connectivity index (χ0) is 30.6. The molecule has 3 aromatic carbocycles. The van der Waals surface area contributed by atoms with E-state index in [1.54, 1.807) is 12.0 Å². The molecule has 9 nitrogen and oxygen atoms in total. The fourth-order valence-corrected chi connectivity index (χ4v) is 6.74. The second-order valence-electron chi connectivity index (χ2n) is 12.3. The van der Waals surface area contributed by atoms with Crippen LogP contribution in [0.25, 0.3) is 0 Å². The van der Waals surface area contributed by atoms with Crippen molar-refractivity contribution < 1.29 is 14.3 Å². The van der Waals surface area contributed by atoms with Gasteiger partial charge in [-0.2, -0.15) is 0 Å². The Balaban J connectivity index is 1.01. The molecule has 44 heavy (non-hydrogen) atoms. The van der Waals surface area contributed by atoms with Crippen LogP contribution in [-0.2, 0) is 11.3 Å². The lowest BCUT2D eigenvalue weighted by Gasteiger charge is -2.40. The van der Waals surface area contributed by atoms with E-state index >= 15 is 0 Å². The Labute approximate surface area is 260 Å². The Bertz CT molecular complexity index is 1440. The van der Waals surface area contributed by atoms with E-state index in [2.05, 4.69) is 45.9 Å². The van der Waals surface area contributed by atoms with Crippen molar-refractivity contribution in [3.8, 4) is 5.75 Å². The van der Waals surface area contributed by atoms with E-state index in [1.165, 1.54) is 35.7 Å². The van der Waals surface area contributed by atoms with E-state index in [-0.39, 0.29) is 18.5 Å². The molecule has 2 N–H and O–H groups in total. The molecule has 3 aliphatic rings. The summed E-state index contributed by atoms with van der Waals surface area (Å²) in [5.41, 5.74) is 12.0. The predicted octanol–water partition coefficient (Wildman–Crippen LogP) is 4.98. The molecule has 0 aliphatic carbocycles. The lowest BCUT2D eigenvalue weighted by Crippen LogP contribution is -2.52. The van der Waals surface area contributed by atoms with Gasteiger partial charge in [-0.25, -0.2) is 4.79 Å². The fraction of sp³-hybridized carbons (Fsp3) is 0.429. The van der Waals surface area contributed by atoms with Crippen molar-refractivity contribution in [1.29, 1.82) is 0 Å². The summed E-state index contributed by atoms with van der Waals surface area (Å²) < 4.78 is 5.23. The smallest absolute Gasteiger partial charge is 0.331 e. The first-order valence-corrected chi connectivity index (χ1v) is 15.8. The molecule has 3 aliphatic heterocycles. The molecule has 0 saturated carbocycles. The molecule has 3 amide bonds. The van der Waals surface area contributed by atoms with Crippen molar-refractivity contribution in [3.63, 3.8) is 0 Å². The number of carbonyl (C=O) groups is 2. The number of imide groups is 1. The largest absolute Gasteiger partial charge is 0.497 e. The van der Waals surface area contributed by atoms with Gasteiger partial charge in [0.15, 0.2) is 0 Å². The number of hydrogen-bond acceptors (Lipinski definition) is 7. The Morgan fingerprint density at radius 2 is 1.45 bits per heavy atom. The molecule has 3 saturated heterocycles. The zero-order valence-corrected chi connectivity index (χ0v) is 26.0. The number of piperazine rings is 1. The fourth-order valence-electron chi connectivity index (χ4n) is 6.74. The van der Waals surface area contributed by atoms with Gasteiger partial charge in [-0.15, -0.1) is 0 Å². The third-order valence-electron chi connectivity index (χ3n) is 9.41. The van der Waals surface area contributed by atoms with Gasteiger partial charge in [0, 0.05) is 81.5 Å². The highest BCUT2D eigenvalue weighted by Gasteiger charge is 2.34. The number of amides is 3. The van der Waals surface area contributed by atoms with Gasteiger partial charge >= 0.3 is 6.03 Å². The predicted molar refractivity (Wildman–Crippen MR) is 177 cm³/mol. The number of piperidine rings is 1. The number of hydrogen-bond donors (Lipinski definition) is 1. The third kappa shape index (κ3) is 6.63. The molecule has 0 radical (unpaired) electrons. The molecule has 3 aromatic rings. The molecule has 0 bridgehead atoms. The summed E-state index contributed by atoms with van der Waals surface area (Å²) >= 11 is 0.